The molecule has 5 heteroatoms. The van der Waals surface area contributed by atoms with Crippen molar-refractivity contribution >= 4 is 5.97 Å². The van der Waals surface area contributed by atoms with Gasteiger partial charge in [0, 0.05) is 13.2 Å². The van der Waals surface area contributed by atoms with Gasteiger partial charge in [-0.1, -0.05) is 6.92 Å². The van der Waals surface area contributed by atoms with E-state index in [0.29, 0.717) is 19.8 Å². The zero-order valence-corrected chi connectivity index (χ0v) is 12.5. The van der Waals surface area contributed by atoms with Gasteiger partial charge in [-0.25, -0.2) is 0 Å². The van der Waals surface area contributed by atoms with E-state index in [1.165, 1.54) is 0 Å². The molecule has 1 unspecified atom stereocenters. The third-order valence-corrected chi connectivity index (χ3v) is 3.83. The molecule has 1 rings (SSSR count). The van der Waals surface area contributed by atoms with Crippen LogP contribution in [0, 0.1) is 5.41 Å². The van der Waals surface area contributed by atoms with Gasteiger partial charge >= 0.3 is 5.97 Å². The summed E-state index contributed by atoms with van der Waals surface area (Å²) in [6.45, 7) is 6.62. The predicted molar refractivity (Wildman–Crippen MR) is 75.4 cm³/mol. The zero-order chi connectivity index (χ0) is 14.3. The monoisotopic (exact) mass is 272 g/mol. The van der Waals surface area contributed by atoms with Crippen molar-refractivity contribution in [3.63, 3.8) is 0 Å². The number of carboxylic acid groups (broad SMARTS) is 1. The molecule has 1 atom stereocenters. The quantitative estimate of drug-likeness (QED) is 0.718. The summed E-state index contributed by atoms with van der Waals surface area (Å²) in [5, 5.41) is 9.53. The molecule has 0 aliphatic carbocycles. The SMILES string of the molecule is CCN(CCCN(C)C)CC1(C(=O)O)CCCOC1. The molecular weight excluding hydrogens is 244 g/mol. The van der Waals surface area contributed by atoms with Crippen molar-refractivity contribution in [2.75, 3.05) is 53.5 Å². The minimum atomic E-state index is -0.710. The topological polar surface area (TPSA) is 53.0 Å². The second-order valence-electron chi connectivity index (χ2n) is 5.77. The van der Waals surface area contributed by atoms with Gasteiger partial charge in [-0.2, -0.15) is 0 Å². The van der Waals surface area contributed by atoms with E-state index in [4.69, 9.17) is 4.74 Å². The van der Waals surface area contributed by atoms with Gasteiger partial charge in [-0.15, -0.1) is 0 Å². The number of hydrogen-bond acceptors (Lipinski definition) is 4. The highest BCUT2D eigenvalue weighted by atomic mass is 16.5. The molecule has 112 valence electrons. The van der Waals surface area contributed by atoms with Gasteiger partial charge in [0.05, 0.1) is 6.61 Å². The normalized spacial score (nSPS) is 24.1. The Bertz CT molecular complexity index is 276. The molecule has 0 saturated carbocycles. The van der Waals surface area contributed by atoms with E-state index in [9.17, 15) is 9.90 Å². The lowest BCUT2D eigenvalue weighted by Crippen LogP contribution is -2.48. The molecule has 1 aliphatic rings. The van der Waals surface area contributed by atoms with Gasteiger partial charge in [-0.3, -0.25) is 4.79 Å². The average molecular weight is 272 g/mol. The Labute approximate surface area is 116 Å². The largest absolute Gasteiger partial charge is 0.481 e. The number of ether oxygens (including phenoxy) is 1. The standard InChI is InChI=1S/C14H28N2O3/c1-4-16(9-6-8-15(2)3)11-14(13(17)18)7-5-10-19-12-14/h4-12H2,1-3H3,(H,17,18). The molecule has 1 saturated heterocycles. The highest BCUT2D eigenvalue weighted by Gasteiger charge is 2.41. The van der Waals surface area contributed by atoms with Crippen LogP contribution in [0.25, 0.3) is 0 Å². The summed E-state index contributed by atoms with van der Waals surface area (Å²) in [6, 6.07) is 0. The molecular formula is C14H28N2O3. The summed E-state index contributed by atoms with van der Waals surface area (Å²) < 4.78 is 5.42. The number of nitrogens with zero attached hydrogens (tertiary/aromatic N) is 2. The van der Waals surface area contributed by atoms with E-state index in [-0.39, 0.29) is 0 Å². The Kier molecular flexibility index (Phi) is 6.75. The number of carbonyl (C=O) groups is 1. The van der Waals surface area contributed by atoms with Crippen LogP contribution in [0.4, 0.5) is 0 Å². The Morgan fingerprint density at radius 1 is 1.37 bits per heavy atom. The molecule has 1 heterocycles. The average Bonchev–Trinajstić information content (AvgIpc) is 2.38. The van der Waals surface area contributed by atoms with Crippen molar-refractivity contribution < 1.29 is 14.6 Å². The molecule has 0 radical (unpaired) electrons. The zero-order valence-electron chi connectivity index (χ0n) is 12.5. The van der Waals surface area contributed by atoms with Gasteiger partial charge < -0.3 is 19.6 Å². The first-order valence-electron chi connectivity index (χ1n) is 7.18. The van der Waals surface area contributed by atoms with Crippen LogP contribution >= 0.6 is 0 Å². The van der Waals surface area contributed by atoms with E-state index < -0.39 is 11.4 Å². The minimum Gasteiger partial charge on any atom is -0.481 e. The maximum absolute atomic E-state index is 11.6. The van der Waals surface area contributed by atoms with Crippen molar-refractivity contribution in [3.8, 4) is 0 Å². The molecule has 0 spiro atoms. The van der Waals surface area contributed by atoms with Gasteiger partial charge in [0.25, 0.3) is 0 Å². The molecule has 0 aromatic rings. The number of aliphatic carboxylic acids is 1. The van der Waals surface area contributed by atoms with Crippen molar-refractivity contribution in [2.45, 2.75) is 26.2 Å². The molecule has 0 amide bonds. The van der Waals surface area contributed by atoms with Crippen LogP contribution in [0.15, 0.2) is 0 Å². The van der Waals surface area contributed by atoms with Crippen molar-refractivity contribution in [1.29, 1.82) is 0 Å². The third-order valence-electron chi connectivity index (χ3n) is 3.83. The lowest BCUT2D eigenvalue weighted by molar-refractivity contribution is -0.159. The summed E-state index contributed by atoms with van der Waals surface area (Å²) in [5.41, 5.74) is -0.702. The predicted octanol–water partition coefficient (Wildman–Crippen LogP) is 1.14. The minimum absolute atomic E-state index is 0.354. The second-order valence-corrected chi connectivity index (χ2v) is 5.77. The second kappa shape index (κ2) is 7.82. The fraction of sp³-hybridized carbons (Fsp3) is 0.929. The summed E-state index contributed by atoms with van der Waals surface area (Å²) >= 11 is 0. The lowest BCUT2D eigenvalue weighted by atomic mass is 9.82. The molecule has 19 heavy (non-hydrogen) atoms. The van der Waals surface area contributed by atoms with Crippen LogP contribution in [0.5, 0.6) is 0 Å². The maximum atomic E-state index is 11.6. The fourth-order valence-corrected chi connectivity index (χ4v) is 2.60. The molecule has 1 fully saturated rings. The lowest BCUT2D eigenvalue weighted by Gasteiger charge is -2.37. The molecule has 0 bridgehead atoms. The van der Waals surface area contributed by atoms with Crippen LogP contribution < -0.4 is 0 Å². The Morgan fingerprint density at radius 3 is 2.58 bits per heavy atom. The van der Waals surface area contributed by atoms with Crippen LogP contribution in [0.1, 0.15) is 26.2 Å². The van der Waals surface area contributed by atoms with E-state index in [1.807, 2.05) is 0 Å². The highest BCUT2D eigenvalue weighted by Crippen LogP contribution is 2.30. The molecule has 0 aromatic carbocycles. The van der Waals surface area contributed by atoms with Crippen molar-refractivity contribution in [3.05, 3.63) is 0 Å². The maximum Gasteiger partial charge on any atom is 0.313 e. The number of rotatable bonds is 8. The molecule has 1 aliphatic heterocycles. The summed E-state index contributed by atoms with van der Waals surface area (Å²) in [4.78, 5) is 16.0. The summed E-state index contributed by atoms with van der Waals surface area (Å²) in [5.74, 6) is -0.710. The van der Waals surface area contributed by atoms with Crippen LogP contribution in [0.2, 0.25) is 0 Å². The first-order valence-corrected chi connectivity index (χ1v) is 7.18. The van der Waals surface area contributed by atoms with E-state index in [2.05, 4.69) is 30.8 Å². The third kappa shape index (κ3) is 5.09. The first-order chi connectivity index (χ1) is 9.00. The fourth-order valence-electron chi connectivity index (χ4n) is 2.60. The number of carboxylic acids is 1. The van der Waals surface area contributed by atoms with Gasteiger partial charge in [-0.05, 0) is 53.0 Å². The van der Waals surface area contributed by atoms with Crippen LogP contribution in [-0.2, 0) is 9.53 Å². The van der Waals surface area contributed by atoms with Gasteiger partial charge in [0.2, 0.25) is 0 Å². The summed E-state index contributed by atoms with van der Waals surface area (Å²) in [7, 11) is 4.12. The smallest absolute Gasteiger partial charge is 0.313 e. The van der Waals surface area contributed by atoms with Crippen molar-refractivity contribution in [1.82, 2.24) is 9.80 Å². The molecule has 5 nitrogen and oxygen atoms in total. The van der Waals surface area contributed by atoms with Gasteiger partial charge in [0.1, 0.15) is 5.41 Å². The van der Waals surface area contributed by atoms with E-state index in [0.717, 1.165) is 38.9 Å². The van der Waals surface area contributed by atoms with E-state index >= 15 is 0 Å². The number of hydrogen-bond donors (Lipinski definition) is 1. The Hall–Kier alpha value is -0.650. The summed E-state index contributed by atoms with van der Waals surface area (Å²) in [6.07, 6.45) is 2.64. The van der Waals surface area contributed by atoms with Crippen LogP contribution in [0.3, 0.4) is 0 Å². The first kappa shape index (κ1) is 16.4. The Balaban J connectivity index is 2.52. The highest BCUT2D eigenvalue weighted by molar-refractivity contribution is 5.75. The molecule has 1 N–H and O–H groups in total. The van der Waals surface area contributed by atoms with E-state index in [1.54, 1.807) is 0 Å². The van der Waals surface area contributed by atoms with Gasteiger partial charge in [0.15, 0.2) is 0 Å². The van der Waals surface area contributed by atoms with Crippen molar-refractivity contribution in [2.24, 2.45) is 5.41 Å². The Morgan fingerprint density at radius 2 is 2.11 bits per heavy atom. The van der Waals surface area contributed by atoms with Crippen LogP contribution in [-0.4, -0.2) is 74.4 Å². The molecule has 0 aromatic heterocycles.